The average molecular weight is 173 g/mol. The number of rotatable bonds is 3. The van der Waals surface area contributed by atoms with Gasteiger partial charge in [-0.15, -0.1) is 23.2 Å². The molecule has 0 heterocycles. The first-order chi connectivity index (χ1) is 4.09. The van der Waals surface area contributed by atoms with Crippen molar-refractivity contribution in [1.82, 2.24) is 0 Å². The molecule has 0 radical (unpaired) electrons. The number of carboxylic acid groups (broad SMARTS) is 1. The maximum atomic E-state index is 9.97. The molecule has 2 N–H and O–H groups in total. The summed E-state index contributed by atoms with van der Waals surface area (Å²) in [6.07, 6.45) is 0. The quantitative estimate of drug-likeness (QED) is 0.602. The van der Waals surface area contributed by atoms with E-state index in [0.717, 1.165) is 0 Å². The third-order valence-corrected chi connectivity index (χ3v) is 1.74. The van der Waals surface area contributed by atoms with Gasteiger partial charge in [-0.05, 0) is 0 Å². The monoisotopic (exact) mass is 172 g/mol. The first kappa shape index (κ1) is 9.01. The Bertz CT molecular complexity index is 106. The first-order valence-corrected chi connectivity index (χ1v) is 3.08. The molecule has 54 valence electrons. The van der Waals surface area contributed by atoms with Gasteiger partial charge in [0.2, 0.25) is 0 Å². The van der Waals surface area contributed by atoms with Crippen LogP contribution in [0.1, 0.15) is 0 Å². The summed E-state index contributed by atoms with van der Waals surface area (Å²) in [4.78, 5) is 9.97. The second-order valence-electron chi connectivity index (χ2n) is 1.44. The van der Waals surface area contributed by atoms with Crippen LogP contribution in [0.5, 0.6) is 0 Å². The average Bonchev–Trinajstić information content (AvgIpc) is 1.84. The maximum absolute atomic E-state index is 9.97. The number of hydrogen-bond donors (Lipinski definition) is 2. The van der Waals surface area contributed by atoms with E-state index in [-0.39, 0.29) is 0 Å². The van der Waals surface area contributed by atoms with Crippen molar-refractivity contribution in [2.45, 2.75) is 10.8 Å². The molecule has 0 aliphatic carbocycles. The predicted molar refractivity (Wildman–Crippen MR) is 34.0 cm³/mol. The second-order valence-corrected chi connectivity index (χ2v) is 2.47. The highest BCUT2D eigenvalue weighted by molar-refractivity contribution is 6.36. The lowest BCUT2D eigenvalue weighted by Crippen LogP contribution is -2.27. The van der Waals surface area contributed by atoms with E-state index in [2.05, 4.69) is 0 Å². The summed E-state index contributed by atoms with van der Waals surface area (Å²) in [6.45, 7) is -0.429. The summed E-state index contributed by atoms with van der Waals surface area (Å²) in [5.41, 5.74) is 0. The molecule has 0 rings (SSSR count). The van der Waals surface area contributed by atoms with E-state index in [0.29, 0.717) is 0 Å². The van der Waals surface area contributed by atoms with Crippen LogP contribution in [0.2, 0.25) is 0 Å². The van der Waals surface area contributed by atoms with E-state index in [4.69, 9.17) is 33.4 Å². The van der Waals surface area contributed by atoms with Crippen LogP contribution in [-0.4, -0.2) is 33.5 Å². The molecule has 5 heteroatoms. The summed E-state index contributed by atoms with van der Waals surface area (Å²) in [5, 5.41) is 14.3. The highest BCUT2D eigenvalue weighted by Crippen LogP contribution is 2.08. The third-order valence-electron chi connectivity index (χ3n) is 0.728. The number of aliphatic hydroxyl groups is 1. The zero-order valence-corrected chi connectivity index (χ0v) is 5.93. The van der Waals surface area contributed by atoms with Crippen molar-refractivity contribution in [2.75, 3.05) is 6.61 Å². The molecule has 9 heavy (non-hydrogen) atoms. The van der Waals surface area contributed by atoms with Crippen LogP contribution >= 0.6 is 23.2 Å². The van der Waals surface area contributed by atoms with Crippen molar-refractivity contribution in [2.24, 2.45) is 0 Å². The Kier molecular flexibility index (Phi) is 3.93. The van der Waals surface area contributed by atoms with Crippen LogP contribution in [0.25, 0.3) is 0 Å². The van der Waals surface area contributed by atoms with Gasteiger partial charge in [0.1, 0.15) is 5.38 Å². The summed E-state index contributed by atoms with van der Waals surface area (Å²) in [7, 11) is 0. The molecule has 2 atom stereocenters. The molecule has 0 saturated heterocycles. The molecule has 0 bridgehead atoms. The lowest BCUT2D eigenvalue weighted by Gasteiger charge is -2.06. The molecule has 0 spiro atoms. The Morgan fingerprint density at radius 1 is 1.56 bits per heavy atom. The highest BCUT2D eigenvalue weighted by Gasteiger charge is 2.22. The lowest BCUT2D eigenvalue weighted by atomic mass is 10.3. The van der Waals surface area contributed by atoms with Crippen molar-refractivity contribution in [3.63, 3.8) is 0 Å². The van der Waals surface area contributed by atoms with Crippen LogP contribution in [0, 0.1) is 0 Å². The number of aliphatic carboxylic acids is 1. The second kappa shape index (κ2) is 3.93. The van der Waals surface area contributed by atoms with Crippen molar-refractivity contribution < 1.29 is 15.0 Å². The van der Waals surface area contributed by atoms with Gasteiger partial charge in [-0.2, -0.15) is 0 Å². The largest absolute Gasteiger partial charge is 0.480 e. The van der Waals surface area contributed by atoms with Gasteiger partial charge in [-0.3, -0.25) is 4.79 Å². The Hall–Kier alpha value is 0.01000. The lowest BCUT2D eigenvalue weighted by molar-refractivity contribution is -0.136. The van der Waals surface area contributed by atoms with Gasteiger partial charge < -0.3 is 10.2 Å². The van der Waals surface area contributed by atoms with Gasteiger partial charge >= 0.3 is 5.97 Å². The Morgan fingerprint density at radius 3 is 2.11 bits per heavy atom. The Morgan fingerprint density at radius 2 is 2.00 bits per heavy atom. The van der Waals surface area contributed by atoms with Gasteiger partial charge in [0.05, 0.1) is 12.0 Å². The van der Waals surface area contributed by atoms with Crippen molar-refractivity contribution in [1.29, 1.82) is 0 Å². The SMILES string of the molecule is O=C(O)[C@H](Cl)[C@H](Cl)CO. The Balaban J connectivity index is 3.72. The van der Waals surface area contributed by atoms with E-state index in [9.17, 15) is 4.79 Å². The number of aliphatic hydroxyl groups excluding tert-OH is 1. The molecule has 0 aliphatic heterocycles. The van der Waals surface area contributed by atoms with E-state index < -0.39 is 23.3 Å². The fraction of sp³-hybridized carbons (Fsp3) is 0.750. The van der Waals surface area contributed by atoms with E-state index >= 15 is 0 Å². The summed E-state index contributed by atoms with van der Waals surface area (Å²) < 4.78 is 0. The zero-order chi connectivity index (χ0) is 7.44. The van der Waals surface area contributed by atoms with Gasteiger partial charge in [-0.1, -0.05) is 0 Å². The molecule has 0 unspecified atom stereocenters. The molecule has 0 fully saturated rings. The fourth-order valence-electron chi connectivity index (χ4n) is 0.247. The fourth-order valence-corrected chi connectivity index (χ4v) is 0.435. The molecule has 0 aliphatic rings. The number of carboxylic acids is 1. The smallest absolute Gasteiger partial charge is 0.323 e. The molecule has 0 aromatic rings. The molecule has 0 aromatic carbocycles. The van der Waals surface area contributed by atoms with Gasteiger partial charge in [0.15, 0.2) is 0 Å². The van der Waals surface area contributed by atoms with Gasteiger partial charge in [0, 0.05) is 0 Å². The number of halogens is 2. The number of hydrogen-bond acceptors (Lipinski definition) is 2. The topological polar surface area (TPSA) is 57.5 Å². The molecular formula is C4H6Cl2O3. The molecular weight excluding hydrogens is 167 g/mol. The minimum absolute atomic E-state index is 0.429. The molecule has 0 saturated carbocycles. The Labute approximate surface area is 62.2 Å². The summed E-state index contributed by atoms with van der Waals surface area (Å²) in [5.74, 6) is -1.22. The van der Waals surface area contributed by atoms with Crippen LogP contribution in [0.4, 0.5) is 0 Å². The van der Waals surface area contributed by atoms with Crippen LogP contribution < -0.4 is 0 Å². The molecule has 3 nitrogen and oxygen atoms in total. The van der Waals surface area contributed by atoms with E-state index in [1.54, 1.807) is 0 Å². The number of alkyl halides is 2. The standard InChI is InChI=1S/C4H6Cl2O3/c5-2(1-7)3(6)4(8)9/h2-3,7H,1H2,(H,8,9)/t2-,3-/m1/s1. The van der Waals surface area contributed by atoms with Crippen molar-refractivity contribution in [3.05, 3.63) is 0 Å². The number of carbonyl (C=O) groups is 1. The van der Waals surface area contributed by atoms with E-state index in [1.165, 1.54) is 0 Å². The minimum Gasteiger partial charge on any atom is -0.480 e. The van der Waals surface area contributed by atoms with Gasteiger partial charge in [-0.25, -0.2) is 0 Å². The molecule has 0 aromatic heterocycles. The highest BCUT2D eigenvalue weighted by atomic mass is 35.5. The maximum Gasteiger partial charge on any atom is 0.323 e. The van der Waals surface area contributed by atoms with E-state index in [1.807, 2.05) is 0 Å². The summed E-state index contributed by atoms with van der Waals surface area (Å²) in [6, 6.07) is 0. The van der Waals surface area contributed by atoms with Crippen LogP contribution in [-0.2, 0) is 4.79 Å². The predicted octanol–water partition coefficient (Wildman–Crippen LogP) is 0.278. The minimum atomic E-state index is -1.22. The van der Waals surface area contributed by atoms with Gasteiger partial charge in [0.25, 0.3) is 0 Å². The van der Waals surface area contributed by atoms with Crippen LogP contribution in [0.3, 0.4) is 0 Å². The summed E-state index contributed by atoms with van der Waals surface area (Å²) >= 11 is 10.4. The van der Waals surface area contributed by atoms with Crippen molar-refractivity contribution in [3.8, 4) is 0 Å². The zero-order valence-electron chi connectivity index (χ0n) is 4.42. The third kappa shape index (κ3) is 2.89. The van der Waals surface area contributed by atoms with Crippen molar-refractivity contribution >= 4 is 29.2 Å². The normalized spacial score (nSPS) is 16.8. The molecule has 0 amide bonds. The first-order valence-electron chi connectivity index (χ1n) is 2.21. The van der Waals surface area contributed by atoms with Crippen LogP contribution in [0.15, 0.2) is 0 Å².